The van der Waals surface area contributed by atoms with Gasteiger partial charge in [0.05, 0.1) is 6.26 Å². The van der Waals surface area contributed by atoms with Crippen LogP contribution >= 0.6 is 24.0 Å². The maximum Gasteiger partial charge on any atom is 0.194 e. The van der Waals surface area contributed by atoms with E-state index in [-0.39, 0.29) is 24.0 Å². The van der Waals surface area contributed by atoms with E-state index in [4.69, 9.17) is 9.41 Å². The summed E-state index contributed by atoms with van der Waals surface area (Å²) in [5, 5.41) is 3.63. The highest BCUT2D eigenvalue weighted by Gasteiger charge is 2.29. The largest absolute Gasteiger partial charge is 0.469 e. The number of rotatable bonds is 6. The Balaban J connectivity index is 0.00000225. The van der Waals surface area contributed by atoms with Crippen LogP contribution in [-0.4, -0.2) is 61.1 Å². The molecule has 1 saturated heterocycles. The number of hydrogen-bond acceptors (Lipinski definition) is 3. The highest BCUT2D eigenvalue weighted by Crippen LogP contribution is 2.24. The molecule has 2 aliphatic heterocycles. The predicted octanol–water partition coefficient (Wildman–Crippen LogP) is 3.91. The topological polar surface area (TPSA) is 44.0 Å². The van der Waals surface area contributed by atoms with Crippen molar-refractivity contribution in [1.82, 2.24) is 15.1 Å². The third-order valence-corrected chi connectivity index (χ3v) is 6.28. The Morgan fingerprint density at radius 3 is 2.71 bits per heavy atom. The molecule has 1 atom stereocenters. The number of nitrogens with zero attached hydrogens (tertiary/aromatic N) is 3. The quantitative estimate of drug-likeness (QED) is 0.280. The SMILES string of the molecule is C1=CCN(C2CCN(C(=NCC3CCCCC3)NCCc3ccco3)C2)C1.I. The molecule has 0 radical (unpaired) electrons. The first kappa shape index (κ1) is 21.7. The number of aliphatic imine (C=N–C) groups is 1. The summed E-state index contributed by atoms with van der Waals surface area (Å²) < 4.78 is 5.47. The van der Waals surface area contributed by atoms with E-state index in [1.807, 2.05) is 12.1 Å². The molecule has 1 aromatic rings. The van der Waals surface area contributed by atoms with Crippen molar-refractivity contribution in [3.05, 3.63) is 36.3 Å². The van der Waals surface area contributed by atoms with Crippen molar-refractivity contribution >= 4 is 29.9 Å². The molecule has 0 spiro atoms. The Labute approximate surface area is 186 Å². The summed E-state index contributed by atoms with van der Waals surface area (Å²) in [6.07, 6.45) is 15.4. The average molecular weight is 498 g/mol. The Kier molecular flexibility index (Phi) is 8.70. The van der Waals surface area contributed by atoms with Gasteiger partial charge in [0.2, 0.25) is 0 Å². The number of hydrogen-bond donors (Lipinski definition) is 1. The molecule has 1 unspecified atom stereocenters. The summed E-state index contributed by atoms with van der Waals surface area (Å²) in [5.74, 6) is 2.93. The number of likely N-dealkylation sites (tertiary alicyclic amines) is 1. The second-order valence-corrected chi connectivity index (χ2v) is 8.24. The summed E-state index contributed by atoms with van der Waals surface area (Å²) in [5.41, 5.74) is 0. The predicted molar refractivity (Wildman–Crippen MR) is 125 cm³/mol. The molecule has 2 fully saturated rings. The zero-order valence-corrected chi connectivity index (χ0v) is 19.2. The van der Waals surface area contributed by atoms with Crippen molar-refractivity contribution in [3.8, 4) is 0 Å². The third kappa shape index (κ3) is 5.99. The third-order valence-electron chi connectivity index (χ3n) is 6.28. The van der Waals surface area contributed by atoms with Crippen LogP contribution in [0.4, 0.5) is 0 Å². The molecular weight excluding hydrogens is 463 g/mol. The lowest BCUT2D eigenvalue weighted by atomic mass is 9.89. The first-order valence-corrected chi connectivity index (χ1v) is 10.8. The van der Waals surface area contributed by atoms with Gasteiger partial charge in [0.25, 0.3) is 0 Å². The molecule has 1 aliphatic carbocycles. The second-order valence-electron chi connectivity index (χ2n) is 8.24. The standard InChI is InChI=1S/C22H34N4O.HI/c1-2-7-19(8-3-1)17-24-22(23-12-10-21-9-6-16-27-21)26-15-11-20(18-26)25-13-4-5-14-25;/h4-6,9,16,19-20H,1-3,7-8,10-15,17-18H2,(H,23,24);1H. The van der Waals surface area contributed by atoms with Crippen LogP contribution in [0, 0.1) is 5.92 Å². The summed E-state index contributed by atoms with van der Waals surface area (Å²) >= 11 is 0. The molecule has 156 valence electrons. The molecule has 3 heterocycles. The first-order valence-electron chi connectivity index (χ1n) is 10.8. The second kappa shape index (κ2) is 11.2. The minimum absolute atomic E-state index is 0. The maximum absolute atomic E-state index is 5.47. The monoisotopic (exact) mass is 498 g/mol. The van der Waals surface area contributed by atoms with Crippen molar-refractivity contribution in [2.45, 2.75) is 51.0 Å². The van der Waals surface area contributed by atoms with Crippen LogP contribution in [0.1, 0.15) is 44.3 Å². The van der Waals surface area contributed by atoms with Gasteiger partial charge in [-0.3, -0.25) is 9.89 Å². The number of nitrogens with one attached hydrogen (secondary N) is 1. The van der Waals surface area contributed by atoms with Gasteiger partial charge in [-0.15, -0.1) is 24.0 Å². The minimum Gasteiger partial charge on any atom is -0.469 e. The van der Waals surface area contributed by atoms with Crippen LogP contribution in [0.2, 0.25) is 0 Å². The average Bonchev–Trinajstić information content (AvgIpc) is 3.47. The molecule has 1 saturated carbocycles. The Hall–Kier alpha value is -1.02. The van der Waals surface area contributed by atoms with Gasteiger partial charge in [-0.25, -0.2) is 0 Å². The van der Waals surface area contributed by atoms with E-state index in [1.54, 1.807) is 6.26 Å². The molecule has 0 aromatic carbocycles. The van der Waals surface area contributed by atoms with E-state index in [0.29, 0.717) is 6.04 Å². The van der Waals surface area contributed by atoms with Gasteiger partial charge in [0, 0.05) is 51.7 Å². The molecule has 0 bridgehead atoms. The smallest absolute Gasteiger partial charge is 0.194 e. The Bertz CT molecular complexity index is 616. The van der Waals surface area contributed by atoms with Crippen molar-refractivity contribution in [2.24, 2.45) is 10.9 Å². The lowest BCUT2D eigenvalue weighted by molar-refractivity contribution is 0.259. The van der Waals surface area contributed by atoms with Gasteiger partial charge in [-0.2, -0.15) is 0 Å². The van der Waals surface area contributed by atoms with Crippen molar-refractivity contribution in [2.75, 3.05) is 39.3 Å². The minimum atomic E-state index is 0. The summed E-state index contributed by atoms with van der Waals surface area (Å²) in [6.45, 7) is 6.29. The van der Waals surface area contributed by atoms with Gasteiger partial charge in [0.1, 0.15) is 5.76 Å². The molecule has 5 nitrogen and oxygen atoms in total. The lowest BCUT2D eigenvalue weighted by Gasteiger charge is -2.26. The van der Waals surface area contributed by atoms with Gasteiger partial charge >= 0.3 is 0 Å². The molecule has 3 aliphatic rings. The van der Waals surface area contributed by atoms with E-state index in [1.165, 1.54) is 38.5 Å². The van der Waals surface area contributed by atoms with Crippen molar-refractivity contribution < 1.29 is 4.42 Å². The van der Waals surface area contributed by atoms with Crippen LogP contribution in [-0.2, 0) is 6.42 Å². The van der Waals surface area contributed by atoms with E-state index in [9.17, 15) is 0 Å². The highest BCUT2D eigenvalue weighted by molar-refractivity contribution is 14.0. The number of halogens is 1. The molecule has 1 aromatic heterocycles. The zero-order chi connectivity index (χ0) is 18.3. The Morgan fingerprint density at radius 1 is 1.14 bits per heavy atom. The van der Waals surface area contributed by atoms with Crippen LogP contribution in [0.3, 0.4) is 0 Å². The van der Waals surface area contributed by atoms with E-state index >= 15 is 0 Å². The van der Waals surface area contributed by atoms with Gasteiger partial charge in [-0.1, -0.05) is 31.4 Å². The summed E-state index contributed by atoms with van der Waals surface area (Å²) in [6, 6.07) is 4.67. The van der Waals surface area contributed by atoms with Crippen molar-refractivity contribution in [1.29, 1.82) is 0 Å². The van der Waals surface area contributed by atoms with Gasteiger partial charge < -0.3 is 14.6 Å². The molecular formula is C22H35IN4O. The van der Waals surface area contributed by atoms with Crippen molar-refractivity contribution in [3.63, 3.8) is 0 Å². The number of furan rings is 1. The van der Waals surface area contributed by atoms with Crippen LogP contribution < -0.4 is 5.32 Å². The van der Waals surface area contributed by atoms with Crippen LogP contribution in [0.5, 0.6) is 0 Å². The molecule has 4 rings (SSSR count). The van der Waals surface area contributed by atoms with Gasteiger partial charge in [-0.05, 0) is 37.3 Å². The summed E-state index contributed by atoms with van der Waals surface area (Å²) in [7, 11) is 0. The molecule has 6 heteroatoms. The first-order chi connectivity index (χ1) is 13.4. The lowest BCUT2D eigenvalue weighted by Crippen LogP contribution is -2.43. The normalized spacial score (nSPS) is 23.9. The van der Waals surface area contributed by atoms with E-state index < -0.39 is 0 Å². The van der Waals surface area contributed by atoms with Crippen LogP contribution in [0.15, 0.2) is 40.0 Å². The zero-order valence-electron chi connectivity index (χ0n) is 16.9. The molecule has 0 amide bonds. The molecule has 28 heavy (non-hydrogen) atoms. The van der Waals surface area contributed by atoms with E-state index in [2.05, 4.69) is 27.3 Å². The van der Waals surface area contributed by atoms with Gasteiger partial charge in [0.15, 0.2) is 5.96 Å². The fourth-order valence-electron chi connectivity index (χ4n) is 4.63. The number of guanidine groups is 1. The van der Waals surface area contributed by atoms with Crippen LogP contribution in [0.25, 0.3) is 0 Å². The molecule has 1 N–H and O–H groups in total. The Morgan fingerprint density at radius 2 is 1.96 bits per heavy atom. The fraction of sp³-hybridized carbons (Fsp3) is 0.682. The summed E-state index contributed by atoms with van der Waals surface area (Å²) in [4.78, 5) is 10.1. The maximum atomic E-state index is 5.47. The fourth-order valence-corrected chi connectivity index (χ4v) is 4.63. The highest BCUT2D eigenvalue weighted by atomic mass is 127. The van der Waals surface area contributed by atoms with E-state index in [0.717, 1.165) is 63.3 Å².